The number of piperidine rings is 1. The van der Waals surface area contributed by atoms with Gasteiger partial charge >= 0.3 is 0 Å². The number of benzene rings is 1. The third-order valence-corrected chi connectivity index (χ3v) is 4.22. The Hall–Kier alpha value is -1.06. The molecule has 2 heterocycles. The normalized spacial score (nSPS) is 27.9. The van der Waals surface area contributed by atoms with E-state index >= 15 is 0 Å². The molecule has 1 saturated heterocycles. The lowest BCUT2D eigenvalue weighted by atomic mass is 9.94. The summed E-state index contributed by atoms with van der Waals surface area (Å²) in [5.41, 5.74) is 8.84. The molecule has 1 fully saturated rings. The zero-order valence-electron chi connectivity index (χ0n) is 11.1. The van der Waals surface area contributed by atoms with E-state index in [-0.39, 0.29) is 0 Å². The molecule has 2 unspecified atom stereocenters. The molecule has 2 aliphatic heterocycles. The van der Waals surface area contributed by atoms with E-state index in [9.17, 15) is 0 Å². The summed E-state index contributed by atoms with van der Waals surface area (Å²) in [7, 11) is 0. The second-order valence-corrected chi connectivity index (χ2v) is 5.71. The van der Waals surface area contributed by atoms with Crippen molar-refractivity contribution in [3.05, 3.63) is 29.3 Å². The second kappa shape index (κ2) is 4.90. The van der Waals surface area contributed by atoms with E-state index < -0.39 is 0 Å². The highest BCUT2D eigenvalue weighted by Crippen LogP contribution is 2.27. The van der Waals surface area contributed by atoms with Crippen LogP contribution < -0.4 is 10.5 Å². The van der Waals surface area contributed by atoms with Gasteiger partial charge in [-0.3, -0.25) is 4.90 Å². The van der Waals surface area contributed by atoms with Gasteiger partial charge in [0.15, 0.2) is 0 Å². The smallest absolute Gasteiger partial charge is 0.122 e. The van der Waals surface area contributed by atoms with Crippen LogP contribution in [0.25, 0.3) is 0 Å². The summed E-state index contributed by atoms with van der Waals surface area (Å²) in [5.74, 6) is 1.68. The molecule has 98 valence electrons. The molecule has 0 radical (unpaired) electrons. The zero-order chi connectivity index (χ0) is 12.5. The number of hydrogen-bond donors (Lipinski definition) is 1. The van der Waals surface area contributed by atoms with Crippen molar-refractivity contribution in [2.75, 3.05) is 19.7 Å². The molecular formula is C15H22N2O. The average Bonchev–Trinajstić information content (AvgIpc) is 2.81. The minimum Gasteiger partial charge on any atom is -0.493 e. The highest BCUT2D eigenvalue weighted by molar-refractivity contribution is 5.39. The van der Waals surface area contributed by atoms with Crippen LogP contribution in [-0.2, 0) is 13.0 Å². The van der Waals surface area contributed by atoms with E-state index in [0.29, 0.717) is 12.0 Å². The molecule has 0 spiro atoms. The van der Waals surface area contributed by atoms with Crippen LogP contribution in [0, 0.1) is 5.92 Å². The van der Waals surface area contributed by atoms with E-state index in [1.165, 1.54) is 11.1 Å². The molecule has 0 bridgehead atoms. The van der Waals surface area contributed by atoms with Crippen molar-refractivity contribution in [2.24, 2.45) is 11.7 Å². The maximum atomic E-state index is 6.06. The number of fused-ring (bicyclic) bond motifs is 1. The lowest BCUT2D eigenvalue weighted by molar-refractivity contribution is 0.158. The summed E-state index contributed by atoms with van der Waals surface area (Å²) in [5, 5.41) is 0. The fourth-order valence-corrected chi connectivity index (χ4v) is 2.99. The van der Waals surface area contributed by atoms with Crippen LogP contribution in [0.2, 0.25) is 0 Å². The minimum absolute atomic E-state index is 0.384. The van der Waals surface area contributed by atoms with E-state index in [1.54, 1.807) is 0 Å². The van der Waals surface area contributed by atoms with Gasteiger partial charge in [-0.15, -0.1) is 0 Å². The van der Waals surface area contributed by atoms with E-state index in [1.807, 2.05) is 0 Å². The minimum atomic E-state index is 0.384. The van der Waals surface area contributed by atoms with E-state index in [4.69, 9.17) is 10.5 Å². The topological polar surface area (TPSA) is 38.5 Å². The third kappa shape index (κ3) is 2.38. The summed E-state index contributed by atoms with van der Waals surface area (Å²) < 4.78 is 5.54. The SMILES string of the molecule is CC1CN(Cc2ccc3c(c2)CCO3)CCC1N. The van der Waals surface area contributed by atoms with Gasteiger partial charge < -0.3 is 10.5 Å². The molecular weight excluding hydrogens is 224 g/mol. The Bertz CT molecular complexity index is 433. The van der Waals surface area contributed by atoms with E-state index in [0.717, 1.165) is 44.8 Å². The van der Waals surface area contributed by atoms with Gasteiger partial charge in [0, 0.05) is 25.6 Å². The van der Waals surface area contributed by atoms with Crippen molar-refractivity contribution < 1.29 is 4.74 Å². The van der Waals surface area contributed by atoms with E-state index in [2.05, 4.69) is 30.0 Å². The first-order chi connectivity index (χ1) is 8.72. The van der Waals surface area contributed by atoms with Crippen LogP contribution in [0.4, 0.5) is 0 Å². The van der Waals surface area contributed by atoms with Crippen LogP contribution in [-0.4, -0.2) is 30.6 Å². The molecule has 2 aliphatic rings. The Balaban J connectivity index is 1.66. The van der Waals surface area contributed by atoms with Crippen molar-refractivity contribution in [1.29, 1.82) is 0 Å². The average molecular weight is 246 g/mol. The maximum absolute atomic E-state index is 6.06. The number of nitrogens with two attached hydrogens (primary N) is 1. The molecule has 3 heteroatoms. The third-order valence-electron chi connectivity index (χ3n) is 4.22. The molecule has 2 N–H and O–H groups in total. The molecule has 1 aromatic rings. The Morgan fingerprint density at radius 2 is 2.33 bits per heavy atom. The molecule has 18 heavy (non-hydrogen) atoms. The first kappa shape index (κ1) is 12.0. The number of ether oxygens (including phenoxy) is 1. The summed E-state index contributed by atoms with van der Waals surface area (Å²) >= 11 is 0. The number of rotatable bonds is 2. The molecule has 0 amide bonds. The van der Waals surface area contributed by atoms with Crippen LogP contribution in [0.15, 0.2) is 18.2 Å². The van der Waals surface area contributed by atoms with Crippen molar-refractivity contribution >= 4 is 0 Å². The Morgan fingerprint density at radius 3 is 3.17 bits per heavy atom. The second-order valence-electron chi connectivity index (χ2n) is 5.71. The lowest BCUT2D eigenvalue weighted by Gasteiger charge is -2.35. The van der Waals surface area contributed by atoms with Gasteiger partial charge in [-0.25, -0.2) is 0 Å². The lowest BCUT2D eigenvalue weighted by Crippen LogP contribution is -2.45. The quantitative estimate of drug-likeness (QED) is 0.864. The van der Waals surface area contributed by atoms with Crippen LogP contribution in [0.5, 0.6) is 5.75 Å². The van der Waals surface area contributed by atoms with Crippen molar-refractivity contribution in [2.45, 2.75) is 32.4 Å². The van der Waals surface area contributed by atoms with Gasteiger partial charge in [-0.05, 0) is 36.1 Å². The summed E-state index contributed by atoms with van der Waals surface area (Å²) in [6, 6.07) is 7.01. The molecule has 2 atom stereocenters. The first-order valence-corrected chi connectivity index (χ1v) is 6.95. The summed E-state index contributed by atoms with van der Waals surface area (Å²) in [6.45, 7) is 6.39. The number of nitrogens with zero attached hydrogens (tertiary/aromatic N) is 1. The summed E-state index contributed by atoms with van der Waals surface area (Å²) in [6.07, 6.45) is 2.18. The van der Waals surface area contributed by atoms with Gasteiger partial charge in [0.2, 0.25) is 0 Å². The highest BCUT2D eigenvalue weighted by Gasteiger charge is 2.23. The highest BCUT2D eigenvalue weighted by atomic mass is 16.5. The predicted molar refractivity (Wildman–Crippen MR) is 72.7 cm³/mol. The monoisotopic (exact) mass is 246 g/mol. The summed E-state index contributed by atoms with van der Waals surface area (Å²) in [4.78, 5) is 2.52. The standard InChI is InChI=1S/C15H22N2O/c1-11-9-17(6-4-14(11)16)10-12-2-3-15-13(8-12)5-7-18-15/h2-3,8,11,14H,4-7,9-10,16H2,1H3. The van der Waals surface area contributed by atoms with Crippen LogP contribution in [0.1, 0.15) is 24.5 Å². The molecule has 1 aromatic carbocycles. The number of likely N-dealkylation sites (tertiary alicyclic amines) is 1. The van der Waals surface area contributed by atoms with Gasteiger partial charge in [-0.2, -0.15) is 0 Å². The van der Waals surface area contributed by atoms with Crippen molar-refractivity contribution in [1.82, 2.24) is 4.90 Å². The molecule has 3 rings (SSSR count). The van der Waals surface area contributed by atoms with Gasteiger partial charge in [0.05, 0.1) is 6.61 Å². The van der Waals surface area contributed by atoms with Gasteiger partial charge in [-0.1, -0.05) is 19.1 Å². The first-order valence-electron chi connectivity index (χ1n) is 6.95. The molecule has 0 aromatic heterocycles. The fraction of sp³-hybridized carbons (Fsp3) is 0.600. The Kier molecular flexibility index (Phi) is 3.27. The van der Waals surface area contributed by atoms with Crippen LogP contribution in [0.3, 0.4) is 0 Å². The Labute approximate surface area is 109 Å². The largest absolute Gasteiger partial charge is 0.493 e. The van der Waals surface area contributed by atoms with Gasteiger partial charge in [0.25, 0.3) is 0 Å². The van der Waals surface area contributed by atoms with Gasteiger partial charge in [0.1, 0.15) is 5.75 Å². The van der Waals surface area contributed by atoms with Crippen LogP contribution >= 0.6 is 0 Å². The fourth-order valence-electron chi connectivity index (χ4n) is 2.99. The molecule has 3 nitrogen and oxygen atoms in total. The molecule has 0 aliphatic carbocycles. The molecule has 0 saturated carbocycles. The predicted octanol–water partition coefficient (Wildman–Crippen LogP) is 1.79. The Morgan fingerprint density at radius 1 is 1.44 bits per heavy atom. The number of hydrogen-bond acceptors (Lipinski definition) is 3. The van der Waals surface area contributed by atoms with Crippen molar-refractivity contribution in [3.8, 4) is 5.75 Å². The van der Waals surface area contributed by atoms with Crippen molar-refractivity contribution in [3.63, 3.8) is 0 Å². The maximum Gasteiger partial charge on any atom is 0.122 e. The zero-order valence-corrected chi connectivity index (χ0v) is 11.1.